The van der Waals surface area contributed by atoms with Crippen LogP contribution in [0.4, 0.5) is 0 Å². The highest BCUT2D eigenvalue weighted by Gasteiger charge is 2.51. The highest BCUT2D eigenvalue weighted by Crippen LogP contribution is 2.43. The number of aliphatic carboxylic acids is 1. The van der Waals surface area contributed by atoms with Crippen LogP contribution < -0.4 is 0 Å². The largest absolute Gasteiger partial charge is 0.481 e. The fourth-order valence-corrected chi connectivity index (χ4v) is 3.55. The highest BCUT2D eigenvalue weighted by molar-refractivity contribution is 5.71. The molecule has 3 atom stereocenters. The molecule has 3 unspecified atom stereocenters. The molecule has 2 saturated heterocycles. The molecule has 2 aliphatic heterocycles. The van der Waals surface area contributed by atoms with Crippen molar-refractivity contribution in [3.05, 3.63) is 0 Å². The van der Waals surface area contributed by atoms with Crippen molar-refractivity contribution in [2.75, 3.05) is 7.05 Å². The van der Waals surface area contributed by atoms with Crippen molar-refractivity contribution in [2.45, 2.75) is 56.7 Å². The number of carboxylic acid groups (broad SMARTS) is 1. The molecule has 0 spiro atoms. The first-order valence-electron chi connectivity index (χ1n) is 6.15. The predicted molar refractivity (Wildman–Crippen MR) is 60.2 cm³/mol. The van der Waals surface area contributed by atoms with Gasteiger partial charge in [0.25, 0.3) is 0 Å². The third-order valence-corrected chi connectivity index (χ3v) is 4.52. The van der Waals surface area contributed by atoms with E-state index < -0.39 is 17.5 Å². The van der Waals surface area contributed by atoms with Gasteiger partial charge in [0.15, 0.2) is 0 Å². The Labute approximate surface area is 96.3 Å². The summed E-state index contributed by atoms with van der Waals surface area (Å²) in [4.78, 5) is 13.5. The summed E-state index contributed by atoms with van der Waals surface area (Å²) in [5.41, 5.74) is -0.987. The summed E-state index contributed by atoms with van der Waals surface area (Å²) in [6.45, 7) is 1.84. The van der Waals surface area contributed by atoms with Gasteiger partial charge in [-0.3, -0.25) is 4.79 Å². The standard InChI is InChI=1S/C12H21NO3/c1-3-10(11(14)15)12(16)6-8-4-5-9(7-12)13(8)2/h8-10,16H,3-7H2,1-2H3,(H,14,15). The smallest absolute Gasteiger partial charge is 0.309 e. The summed E-state index contributed by atoms with van der Waals surface area (Å²) in [5.74, 6) is -1.46. The Bertz CT molecular complexity index is 278. The quantitative estimate of drug-likeness (QED) is 0.757. The summed E-state index contributed by atoms with van der Waals surface area (Å²) >= 11 is 0. The molecule has 2 N–H and O–H groups in total. The van der Waals surface area contributed by atoms with Gasteiger partial charge in [0.2, 0.25) is 0 Å². The van der Waals surface area contributed by atoms with E-state index in [4.69, 9.17) is 0 Å². The Hall–Kier alpha value is -0.610. The van der Waals surface area contributed by atoms with E-state index in [-0.39, 0.29) is 0 Å². The van der Waals surface area contributed by atoms with Crippen molar-refractivity contribution < 1.29 is 15.0 Å². The number of nitrogens with zero attached hydrogens (tertiary/aromatic N) is 1. The molecule has 0 radical (unpaired) electrons. The first kappa shape index (κ1) is 11.9. The Morgan fingerprint density at radius 3 is 2.31 bits per heavy atom. The van der Waals surface area contributed by atoms with Gasteiger partial charge >= 0.3 is 5.97 Å². The average molecular weight is 227 g/mol. The van der Waals surface area contributed by atoms with Crippen LogP contribution in [0.15, 0.2) is 0 Å². The number of hydrogen-bond acceptors (Lipinski definition) is 3. The van der Waals surface area contributed by atoms with Gasteiger partial charge in [0.05, 0.1) is 11.5 Å². The van der Waals surface area contributed by atoms with Crippen molar-refractivity contribution >= 4 is 5.97 Å². The minimum atomic E-state index is -0.987. The fraction of sp³-hybridized carbons (Fsp3) is 0.917. The van der Waals surface area contributed by atoms with E-state index in [2.05, 4.69) is 11.9 Å². The van der Waals surface area contributed by atoms with E-state index in [1.54, 1.807) is 0 Å². The summed E-state index contributed by atoms with van der Waals surface area (Å²) in [7, 11) is 2.09. The third kappa shape index (κ3) is 1.74. The van der Waals surface area contributed by atoms with Crippen LogP contribution in [-0.4, -0.2) is 45.8 Å². The van der Waals surface area contributed by atoms with E-state index in [0.29, 0.717) is 31.3 Å². The van der Waals surface area contributed by atoms with Gasteiger partial charge in [-0.25, -0.2) is 0 Å². The maximum atomic E-state index is 11.2. The number of aliphatic hydroxyl groups is 1. The van der Waals surface area contributed by atoms with Crippen LogP contribution in [-0.2, 0) is 4.79 Å². The van der Waals surface area contributed by atoms with Crippen molar-refractivity contribution in [1.29, 1.82) is 0 Å². The molecular formula is C12H21NO3. The molecule has 0 saturated carbocycles. The van der Waals surface area contributed by atoms with E-state index in [1.807, 2.05) is 6.92 Å². The van der Waals surface area contributed by atoms with Gasteiger partial charge in [0, 0.05) is 12.1 Å². The second-order valence-corrected chi connectivity index (χ2v) is 5.36. The van der Waals surface area contributed by atoms with E-state index in [0.717, 1.165) is 12.8 Å². The molecule has 16 heavy (non-hydrogen) atoms. The molecule has 0 aromatic rings. The van der Waals surface area contributed by atoms with E-state index >= 15 is 0 Å². The maximum absolute atomic E-state index is 11.2. The number of carboxylic acids is 1. The van der Waals surface area contributed by atoms with Gasteiger partial charge in [-0.15, -0.1) is 0 Å². The first-order chi connectivity index (χ1) is 7.48. The topological polar surface area (TPSA) is 60.8 Å². The van der Waals surface area contributed by atoms with Crippen LogP contribution in [0.1, 0.15) is 39.0 Å². The molecule has 2 aliphatic rings. The van der Waals surface area contributed by atoms with E-state index in [1.165, 1.54) is 0 Å². The lowest BCUT2D eigenvalue weighted by Gasteiger charge is -2.44. The maximum Gasteiger partial charge on any atom is 0.309 e. The van der Waals surface area contributed by atoms with E-state index in [9.17, 15) is 15.0 Å². The zero-order chi connectivity index (χ0) is 11.9. The molecule has 2 heterocycles. The monoisotopic (exact) mass is 227 g/mol. The average Bonchev–Trinajstić information content (AvgIpc) is 2.45. The SMILES string of the molecule is CCC(C(=O)O)C1(O)CC2CCC(C1)N2C. The summed E-state index contributed by atoms with van der Waals surface area (Å²) < 4.78 is 0. The lowest BCUT2D eigenvalue weighted by molar-refractivity contribution is -0.159. The van der Waals surface area contributed by atoms with Crippen molar-refractivity contribution in [3.63, 3.8) is 0 Å². The summed E-state index contributed by atoms with van der Waals surface area (Å²) in [6, 6.07) is 0.745. The zero-order valence-electron chi connectivity index (χ0n) is 10.0. The molecule has 92 valence electrons. The molecular weight excluding hydrogens is 206 g/mol. The molecule has 0 aromatic carbocycles. The molecule has 2 rings (SSSR count). The fourth-order valence-electron chi connectivity index (χ4n) is 3.55. The van der Waals surface area contributed by atoms with Gasteiger partial charge in [-0.2, -0.15) is 0 Å². The highest BCUT2D eigenvalue weighted by atomic mass is 16.4. The van der Waals surface area contributed by atoms with Crippen LogP contribution in [0.5, 0.6) is 0 Å². The number of hydrogen-bond donors (Lipinski definition) is 2. The lowest BCUT2D eigenvalue weighted by atomic mass is 9.75. The van der Waals surface area contributed by atoms with Gasteiger partial charge in [0.1, 0.15) is 0 Å². The third-order valence-electron chi connectivity index (χ3n) is 4.52. The van der Waals surface area contributed by atoms with Crippen molar-refractivity contribution in [1.82, 2.24) is 4.90 Å². The molecule has 0 aliphatic carbocycles. The molecule has 2 fully saturated rings. The molecule has 4 nitrogen and oxygen atoms in total. The Morgan fingerprint density at radius 1 is 1.44 bits per heavy atom. The molecule has 2 bridgehead atoms. The summed E-state index contributed by atoms with van der Waals surface area (Å²) in [5, 5.41) is 19.8. The minimum Gasteiger partial charge on any atom is -0.481 e. The van der Waals surface area contributed by atoms with Gasteiger partial charge in [-0.1, -0.05) is 6.92 Å². The molecule has 0 amide bonds. The lowest BCUT2D eigenvalue weighted by Crippen LogP contribution is -2.54. The normalized spacial score (nSPS) is 40.9. The van der Waals surface area contributed by atoms with Crippen LogP contribution in [0, 0.1) is 5.92 Å². The Morgan fingerprint density at radius 2 is 1.94 bits per heavy atom. The summed E-state index contributed by atoms with van der Waals surface area (Å²) in [6.07, 6.45) is 3.93. The molecule has 4 heteroatoms. The van der Waals surface area contributed by atoms with Gasteiger partial charge < -0.3 is 15.1 Å². The predicted octanol–water partition coefficient (Wildman–Crippen LogP) is 1.08. The number of fused-ring (bicyclic) bond motifs is 2. The van der Waals surface area contributed by atoms with Crippen LogP contribution in [0.2, 0.25) is 0 Å². The second kappa shape index (κ2) is 4.00. The van der Waals surface area contributed by atoms with Crippen molar-refractivity contribution in [3.8, 4) is 0 Å². The van der Waals surface area contributed by atoms with Crippen LogP contribution in [0.25, 0.3) is 0 Å². The van der Waals surface area contributed by atoms with Crippen molar-refractivity contribution in [2.24, 2.45) is 5.92 Å². The number of piperidine rings is 1. The van der Waals surface area contributed by atoms with Crippen LogP contribution >= 0.6 is 0 Å². The second-order valence-electron chi connectivity index (χ2n) is 5.36. The first-order valence-corrected chi connectivity index (χ1v) is 6.15. The van der Waals surface area contributed by atoms with Gasteiger partial charge in [-0.05, 0) is 39.2 Å². The molecule has 0 aromatic heterocycles. The number of rotatable bonds is 3. The Balaban J connectivity index is 2.18. The zero-order valence-corrected chi connectivity index (χ0v) is 10.0. The Kier molecular flexibility index (Phi) is 2.97. The number of carbonyl (C=O) groups is 1. The minimum absolute atomic E-state index is 0.372. The van der Waals surface area contributed by atoms with Crippen LogP contribution in [0.3, 0.4) is 0 Å².